The van der Waals surface area contributed by atoms with Crippen molar-refractivity contribution < 1.29 is 14.0 Å². The van der Waals surface area contributed by atoms with Crippen molar-refractivity contribution in [2.24, 2.45) is 28.6 Å². The topological polar surface area (TPSA) is 34.1 Å². The monoisotopic (exact) mass is 314 g/mol. The molecule has 0 aromatic heterocycles. The third kappa shape index (κ3) is 1.79. The highest BCUT2D eigenvalue weighted by Crippen LogP contribution is 2.64. The van der Waals surface area contributed by atoms with Crippen LogP contribution in [-0.4, -0.2) is 17.7 Å². The van der Waals surface area contributed by atoms with Crippen molar-refractivity contribution in [3.8, 4) is 0 Å². The summed E-state index contributed by atoms with van der Waals surface area (Å²) in [5, 5.41) is 0. The number of alkyl halides is 1. The molecular formula is C20H23FO2. The summed E-state index contributed by atoms with van der Waals surface area (Å²) in [6.45, 7) is 8.35. The molecule has 0 heterocycles. The quantitative estimate of drug-likeness (QED) is 0.678. The van der Waals surface area contributed by atoms with Gasteiger partial charge in [0.25, 0.3) is 0 Å². The second kappa shape index (κ2) is 4.52. The molecule has 4 aliphatic carbocycles. The maximum absolute atomic E-state index is 14.2. The highest BCUT2D eigenvalue weighted by molar-refractivity contribution is 6.02. The first-order valence-electron chi connectivity index (χ1n) is 8.59. The molecular weight excluding hydrogens is 291 g/mol. The summed E-state index contributed by atoms with van der Waals surface area (Å²) < 4.78 is 14.2. The predicted molar refractivity (Wildman–Crippen MR) is 86.4 cm³/mol. The van der Waals surface area contributed by atoms with Crippen molar-refractivity contribution in [2.75, 3.05) is 0 Å². The minimum Gasteiger partial charge on any atom is -0.296 e. The molecule has 0 amide bonds. The van der Waals surface area contributed by atoms with Crippen molar-refractivity contribution >= 4 is 11.6 Å². The molecule has 0 N–H and O–H groups in total. The lowest BCUT2D eigenvalue weighted by molar-refractivity contribution is -0.134. The van der Waals surface area contributed by atoms with Crippen LogP contribution in [0.1, 0.15) is 39.5 Å². The molecule has 3 fully saturated rings. The molecule has 3 saturated carbocycles. The summed E-state index contributed by atoms with van der Waals surface area (Å²) in [5.74, 6) is 0.584. The van der Waals surface area contributed by atoms with E-state index >= 15 is 0 Å². The number of halogens is 1. The minimum absolute atomic E-state index is 0.0255. The molecule has 0 aliphatic heterocycles. The van der Waals surface area contributed by atoms with Crippen LogP contribution in [0.15, 0.2) is 36.0 Å². The van der Waals surface area contributed by atoms with Crippen LogP contribution in [0, 0.1) is 28.6 Å². The Hall–Kier alpha value is -1.51. The van der Waals surface area contributed by atoms with Gasteiger partial charge in [0.2, 0.25) is 0 Å². The first kappa shape index (κ1) is 15.0. The number of fused-ring (bicyclic) bond motifs is 5. The molecule has 1 unspecified atom stereocenters. The molecule has 3 heteroatoms. The predicted octanol–water partition coefficient (Wildman–Crippen LogP) is 3.98. The van der Waals surface area contributed by atoms with Gasteiger partial charge in [-0.15, -0.1) is 0 Å². The van der Waals surface area contributed by atoms with Gasteiger partial charge in [0, 0.05) is 10.8 Å². The normalized spacial score (nSPS) is 48.7. The Bertz CT molecular complexity index is 688. The largest absolute Gasteiger partial charge is 0.296 e. The summed E-state index contributed by atoms with van der Waals surface area (Å²) in [4.78, 5) is 24.1. The lowest BCUT2D eigenvalue weighted by Gasteiger charge is -2.55. The number of rotatable bonds is 0. The number of carbonyl (C=O) groups is 2. The zero-order valence-electron chi connectivity index (χ0n) is 13.8. The lowest BCUT2D eigenvalue weighted by Crippen LogP contribution is -2.50. The van der Waals surface area contributed by atoms with Gasteiger partial charge in [0.15, 0.2) is 17.7 Å². The SMILES string of the molecule is C=C1C[C@@H]2[C@H](CC[C@]3(C)C(=O)C(F)C[C@@H]23)[C@@]2(C)C=CC(=O)C=C12. The molecule has 0 bridgehead atoms. The fourth-order valence-corrected chi connectivity index (χ4v) is 5.96. The zero-order valence-corrected chi connectivity index (χ0v) is 13.8. The van der Waals surface area contributed by atoms with E-state index in [0.29, 0.717) is 12.3 Å². The van der Waals surface area contributed by atoms with E-state index in [0.717, 1.165) is 30.4 Å². The van der Waals surface area contributed by atoms with Crippen LogP contribution in [0.5, 0.6) is 0 Å². The van der Waals surface area contributed by atoms with Gasteiger partial charge >= 0.3 is 0 Å². The molecule has 0 spiro atoms. The fourth-order valence-electron chi connectivity index (χ4n) is 5.96. The molecule has 23 heavy (non-hydrogen) atoms. The lowest BCUT2D eigenvalue weighted by atomic mass is 9.48. The maximum atomic E-state index is 14.2. The van der Waals surface area contributed by atoms with Crippen LogP contribution >= 0.6 is 0 Å². The van der Waals surface area contributed by atoms with Gasteiger partial charge in [-0.05, 0) is 61.2 Å². The van der Waals surface area contributed by atoms with E-state index in [2.05, 4.69) is 13.5 Å². The number of carbonyl (C=O) groups excluding carboxylic acids is 2. The Labute approximate surface area is 136 Å². The Morgan fingerprint density at radius 3 is 2.74 bits per heavy atom. The second-order valence-electron chi connectivity index (χ2n) is 8.28. The van der Waals surface area contributed by atoms with E-state index < -0.39 is 11.6 Å². The number of ketones is 2. The van der Waals surface area contributed by atoms with Crippen molar-refractivity contribution in [2.45, 2.75) is 45.7 Å². The first-order chi connectivity index (χ1) is 10.8. The van der Waals surface area contributed by atoms with E-state index in [-0.39, 0.29) is 28.8 Å². The Morgan fingerprint density at radius 2 is 2.00 bits per heavy atom. The van der Waals surface area contributed by atoms with Crippen LogP contribution in [-0.2, 0) is 9.59 Å². The number of allylic oxidation sites excluding steroid dienone is 5. The van der Waals surface area contributed by atoms with Crippen molar-refractivity contribution in [1.82, 2.24) is 0 Å². The minimum atomic E-state index is -1.30. The van der Waals surface area contributed by atoms with E-state index in [1.807, 2.05) is 13.0 Å². The fraction of sp³-hybridized carbons (Fsp3) is 0.600. The summed E-state index contributed by atoms with van der Waals surface area (Å²) in [7, 11) is 0. The van der Waals surface area contributed by atoms with Gasteiger partial charge in [-0.1, -0.05) is 32.1 Å². The Kier molecular flexibility index (Phi) is 2.96. The van der Waals surface area contributed by atoms with Crippen LogP contribution in [0.4, 0.5) is 4.39 Å². The molecule has 4 aliphatic rings. The van der Waals surface area contributed by atoms with E-state index in [1.54, 1.807) is 12.2 Å². The molecule has 122 valence electrons. The van der Waals surface area contributed by atoms with E-state index in [4.69, 9.17) is 0 Å². The third-order valence-corrected chi connectivity index (χ3v) is 7.23. The Balaban J connectivity index is 1.77. The Morgan fingerprint density at radius 1 is 1.26 bits per heavy atom. The second-order valence-corrected chi connectivity index (χ2v) is 8.28. The van der Waals surface area contributed by atoms with Gasteiger partial charge in [-0.3, -0.25) is 9.59 Å². The first-order valence-corrected chi connectivity index (χ1v) is 8.59. The molecule has 6 atom stereocenters. The van der Waals surface area contributed by atoms with Crippen molar-refractivity contribution in [1.29, 1.82) is 0 Å². The van der Waals surface area contributed by atoms with Crippen LogP contribution < -0.4 is 0 Å². The van der Waals surface area contributed by atoms with Gasteiger partial charge in [-0.25, -0.2) is 4.39 Å². The van der Waals surface area contributed by atoms with Crippen LogP contribution in [0.3, 0.4) is 0 Å². The standard InChI is InChI=1S/C20H23FO2/c1-11-8-13-14(19(2)6-4-12(22)9-15(11)19)5-7-20(3)16(13)10-17(21)18(20)23/h4,6,9,13-14,16-17H,1,5,7-8,10H2,2-3H3/t13-,14+,16+,17?,19-,20+/m1/s1. The summed E-state index contributed by atoms with van der Waals surface area (Å²) in [6.07, 6.45) is 6.93. The van der Waals surface area contributed by atoms with Crippen LogP contribution in [0.2, 0.25) is 0 Å². The molecule has 0 saturated heterocycles. The van der Waals surface area contributed by atoms with Gasteiger partial charge < -0.3 is 0 Å². The van der Waals surface area contributed by atoms with Crippen molar-refractivity contribution in [3.63, 3.8) is 0 Å². The average molecular weight is 314 g/mol. The number of hydrogen-bond acceptors (Lipinski definition) is 2. The molecule has 0 radical (unpaired) electrons. The maximum Gasteiger partial charge on any atom is 0.178 e. The molecule has 0 aromatic carbocycles. The van der Waals surface area contributed by atoms with Crippen molar-refractivity contribution in [3.05, 3.63) is 36.0 Å². The van der Waals surface area contributed by atoms with Crippen LogP contribution in [0.25, 0.3) is 0 Å². The number of hydrogen-bond donors (Lipinski definition) is 0. The molecule has 4 rings (SSSR count). The van der Waals surface area contributed by atoms with Gasteiger partial charge in [0.05, 0.1) is 0 Å². The number of Topliss-reactive ketones (excluding diaryl/α,β-unsaturated/α-hetero) is 1. The smallest absolute Gasteiger partial charge is 0.178 e. The molecule has 2 nitrogen and oxygen atoms in total. The molecule has 0 aromatic rings. The third-order valence-electron chi connectivity index (χ3n) is 7.23. The van der Waals surface area contributed by atoms with E-state index in [9.17, 15) is 14.0 Å². The van der Waals surface area contributed by atoms with Gasteiger partial charge in [0.1, 0.15) is 0 Å². The average Bonchev–Trinajstić information content (AvgIpc) is 2.73. The highest BCUT2D eigenvalue weighted by Gasteiger charge is 2.61. The summed E-state index contributed by atoms with van der Waals surface area (Å²) in [6, 6.07) is 0. The van der Waals surface area contributed by atoms with E-state index in [1.165, 1.54) is 0 Å². The van der Waals surface area contributed by atoms with Gasteiger partial charge in [-0.2, -0.15) is 0 Å². The summed E-state index contributed by atoms with van der Waals surface area (Å²) in [5.41, 5.74) is 1.33. The summed E-state index contributed by atoms with van der Waals surface area (Å²) >= 11 is 0. The highest BCUT2D eigenvalue weighted by atomic mass is 19.1. The zero-order chi connectivity index (χ0) is 16.6.